The number of ether oxygens (including phenoxy) is 4. The first-order valence-corrected chi connectivity index (χ1v) is 43.8. The fraction of sp³-hybridized carbons (Fsp3) is 0.949. The average Bonchev–Trinajstić information content (AvgIpc) is 0.991. The van der Waals surface area contributed by atoms with Gasteiger partial charge in [-0.25, -0.2) is 9.13 Å². The van der Waals surface area contributed by atoms with E-state index < -0.39 is 97.5 Å². The Morgan fingerprint density at radius 2 is 0.469 bits per heavy atom. The number of rotatable bonds is 77. The maximum absolute atomic E-state index is 13.1. The predicted molar refractivity (Wildman–Crippen MR) is 400 cm³/mol. The highest BCUT2D eigenvalue weighted by Gasteiger charge is 2.30. The molecule has 5 atom stereocenters. The van der Waals surface area contributed by atoms with Gasteiger partial charge >= 0.3 is 39.5 Å². The lowest BCUT2D eigenvalue weighted by molar-refractivity contribution is -0.161. The number of esters is 4. The van der Waals surface area contributed by atoms with Crippen molar-refractivity contribution in [3.8, 4) is 0 Å². The van der Waals surface area contributed by atoms with Crippen LogP contribution in [0.1, 0.15) is 408 Å². The summed E-state index contributed by atoms with van der Waals surface area (Å²) >= 11 is 0. The number of hydrogen-bond acceptors (Lipinski definition) is 15. The Bertz CT molecular complexity index is 1900. The minimum atomic E-state index is -4.96. The SMILES string of the molecule is CCCCCCCCCCCCCC(=O)OC[C@H](COP(=O)(O)OC[C@H](O)COP(=O)(O)OC[C@@H](COC(=O)CCCCCCCCCCCCCCCCCC(C)C)OC(=O)CCCCCCCCCCCCCCCCCC(C)C)OC(=O)CCCCCCCCCCC(C)C. The second kappa shape index (κ2) is 69.4. The summed E-state index contributed by atoms with van der Waals surface area (Å²) in [5.74, 6) is 0.213. The normalized spacial score (nSPS) is 14.0. The lowest BCUT2D eigenvalue weighted by Gasteiger charge is -2.21. The number of hydrogen-bond donors (Lipinski definition) is 3. The van der Waals surface area contributed by atoms with E-state index in [1.807, 2.05) is 0 Å². The summed E-state index contributed by atoms with van der Waals surface area (Å²) in [7, 11) is -9.92. The van der Waals surface area contributed by atoms with Crippen LogP contribution in [0.25, 0.3) is 0 Å². The van der Waals surface area contributed by atoms with E-state index in [0.29, 0.717) is 25.7 Å². The van der Waals surface area contributed by atoms with E-state index >= 15 is 0 Å². The topological polar surface area (TPSA) is 237 Å². The van der Waals surface area contributed by atoms with Crippen LogP contribution in [0.4, 0.5) is 0 Å². The average molecular weight is 1440 g/mol. The Labute approximate surface area is 600 Å². The van der Waals surface area contributed by atoms with Crippen molar-refractivity contribution in [2.24, 2.45) is 17.8 Å². The summed E-state index contributed by atoms with van der Waals surface area (Å²) in [4.78, 5) is 72.9. The minimum Gasteiger partial charge on any atom is -0.462 e. The van der Waals surface area contributed by atoms with Crippen molar-refractivity contribution in [1.29, 1.82) is 0 Å². The number of carbonyl (C=O) groups is 4. The third-order valence-corrected chi connectivity index (χ3v) is 20.3. The van der Waals surface area contributed by atoms with E-state index in [2.05, 4.69) is 48.5 Å². The second-order valence-electron chi connectivity index (χ2n) is 29.9. The zero-order chi connectivity index (χ0) is 72.3. The Morgan fingerprint density at radius 3 is 0.694 bits per heavy atom. The zero-order valence-electron chi connectivity index (χ0n) is 64.3. The van der Waals surface area contributed by atoms with Crippen molar-refractivity contribution >= 4 is 39.5 Å². The lowest BCUT2D eigenvalue weighted by Crippen LogP contribution is -2.30. The summed E-state index contributed by atoms with van der Waals surface area (Å²) in [6.45, 7) is 11.9. The van der Waals surface area contributed by atoms with Gasteiger partial charge in [0.1, 0.15) is 19.3 Å². The van der Waals surface area contributed by atoms with Gasteiger partial charge in [0.15, 0.2) is 12.2 Å². The molecule has 0 spiro atoms. The Balaban J connectivity index is 5.23. The summed E-state index contributed by atoms with van der Waals surface area (Å²) in [6, 6.07) is 0. The van der Waals surface area contributed by atoms with Gasteiger partial charge in [-0.15, -0.1) is 0 Å². The fourth-order valence-electron chi connectivity index (χ4n) is 12.1. The molecule has 98 heavy (non-hydrogen) atoms. The molecule has 2 unspecified atom stereocenters. The van der Waals surface area contributed by atoms with Crippen molar-refractivity contribution in [3.05, 3.63) is 0 Å². The minimum absolute atomic E-state index is 0.105. The predicted octanol–water partition coefficient (Wildman–Crippen LogP) is 23.4. The van der Waals surface area contributed by atoms with Gasteiger partial charge in [0.2, 0.25) is 0 Å². The molecule has 0 amide bonds. The van der Waals surface area contributed by atoms with Gasteiger partial charge in [-0.1, -0.05) is 357 Å². The molecule has 0 fully saturated rings. The van der Waals surface area contributed by atoms with E-state index in [-0.39, 0.29) is 25.7 Å². The highest BCUT2D eigenvalue weighted by Crippen LogP contribution is 2.45. The molecule has 3 N–H and O–H groups in total. The highest BCUT2D eigenvalue weighted by atomic mass is 31.2. The van der Waals surface area contributed by atoms with E-state index in [1.54, 1.807) is 0 Å². The van der Waals surface area contributed by atoms with Crippen LogP contribution in [-0.4, -0.2) is 96.7 Å². The molecule has 0 saturated heterocycles. The molecule has 0 aliphatic carbocycles. The van der Waals surface area contributed by atoms with Gasteiger partial charge in [-0.2, -0.15) is 0 Å². The molecule has 0 radical (unpaired) electrons. The second-order valence-corrected chi connectivity index (χ2v) is 32.8. The van der Waals surface area contributed by atoms with Crippen LogP contribution in [0.3, 0.4) is 0 Å². The standard InChI is InChI=1S/C79H154O17P2/c1-8-9-10-11-12-13-24-31-39-46-53-60-76(81)89-67-75(96-79(84)63-56-49-42-35-34-38-45-52-59-72(6)7)69-94-98(87,88)92-65-73(80)64-91-97(85,86)93-68-74(95-78(83)62-55-48-41-33-28-23-19-15-17-21-26-30-37-44-51-58-71(4)5)66-90-77(82)61-54-47-40-32-27-22-18-14-16-20-25-29-36-43-50-57-70(2)3/h70-75,80H,8-69H2,1-7H3,(H,85,86)(H,87,88)/t73-,74-,75-/m1/s1. The number of unbranched alkanes of at least 4 members (excludes halogenated alkanes) is 45. The molecular formula is C79H154O17P2. The monoisotopic (exact) mass is 1440 g/mol. The van der Waals surface area contributed by atoms with E-state index in [4.69, 9.17) is 37.0 Å². The van der Waals surface area contributed by atoms with Crippen molar-refractivity contribution in [3.63, 3.8) is 0 Å². The molecule has 0 saturated carbocycles. The summed E-state index contributed by atoms with van der Waals surface area (Å²) in [5.41, 5.74) is 0. The zero-order valence-corrected chi connectivity index (χ0v) is 66.0. The van der Waals surface area contributed by atoms with Crippen LogP contribution >= 0.6 is 15.6 Å². The molecule has 582 valence electrons. The van der Waals surface area contributed by atoms with Crippen LogP contribution in [0.15, 0.2) is 0 Å². The van der Waals surface area contributed by atoms with Crippen molar-refractivity contribution in [1.82, 2.24) is 0 Å². The maximum atomic E-state index is 13.1. The molecule has 17 nitrogen and oxygen atoms in total. The van der Waals surface area contributed by atoms with Gasteiger partial charge < -0.3 is 33.8 Å². The van der Waals surface area contributed by atoms with Crippen molar-refractivity contribution < 1.29 is 80.2 Å². The number of aliphatic hydroxyl groups excluding tert-OH is 1. The first-order chi connectivity index (χ1) is 47.2. The molecule has 19 heteroatoms. The largest absolute Gasteiger partial charge is 0.472 e. The fourth-order valence-corrected chi connectivity index (χ4v) is 13.7. The Kier molecular flexibility index (Phi) is 68.1. The molecule has 0 aliphatic rings. The first-order valence-electron chi connectivity index (χ1n) is 40.8. The summed E-state index contributed by atoms with van der Waals surface area (Å²) in [6.07, 6.45) is 56.9. The van der Waals surface area contributed by atoms with Gasteiger partial charge in [-0.05, 0) is 43.4 Å². The third kappa shape index (κ3) is 72.4. The molecule has 0 aromatic heterocycles. The van der Waals surface area contributed by atoms with E-state index in [1.165, 1.54) is 218 Å². The van der Waals surface area contributed by atoms with Crippen LogP contribution in [0, 0.1) is 17.8 Å². The number of phosphoric acid groups is 2. The molecule has 0 bridgehead atoms. The van der Waals surface area contributed by atoms with Crippen LogP contribution < -0.4 is 0 Å². The summed E-state index contributed by atoms with van der Waals surface area (Å²) < 4.78 is 68.6. The lowest BCUT2D eigenvalue weighted by atomic mass is 10.0. The highest BCUT2D eigenvalue weighted by molar-refractivity contribution is 7.47. The summed E-state index contributed by atoms with van der Waals surface area (Å²) in [5, 5.41) is 10.6. The smallest absolute Gasteiger partial charge is 0.462 e. The van der Waals surface area contributed by atoms with Gasteiger partial charge in [-0.3, -0.25) is 37.3 Å². The molecule has 0 heterocycles. The number of carbonyl (C=O) groups excluding carboxylic acids is 4. The molecule has 0 aromatic carbocycles. The Morgan fingerprint density at radius 1 is 0.276 bits per heavy atom. The van der Waals surface area contributed by atoms with Crippen molar-refractivity contribution in [2.45, 2.75) is 426 Å². The van der Waals surface area contributed by atoms with E-state index in [9.17, 15) is 43.2 Å². The number of aliphatic hydroxyl groups is 1. The molecule has 0 aromatic rings. The first kappa shape index (κ1) is 96.1. The van der Waals surface area contributed by atoms with Crippen LogP contribution in [0.5, 0.6) is 0 Å². The van der Waals surface area contributed by atoms with Crippen LogP contribution in [-0.2, 0) is 65.4 Å². The van der Waals surface area contributed by atoms with Crippen LogP contribution in [0.2, 0.25) is 0 Å². The molecule has 0 aliphatic heterocycles. The van der Waals surface area contributed by atoms with Crippen molar-refractivity contribution in [2.75, 3.05) is 39.6 Å². The molecule has 0 rings (SSSR count). The maximum Gasteiger partial charge on any atom is 0.472 e. The van der Waals surface area contributed by atoms with E-state index in [0.717, 1.165) is 108 Å². The Hall–Kier alpha value is -1.94. The van der Waals surface area contributed by atoms with Gasteiger partial charge in [0.25, 0.3) is 0 Å². The van der Waals surface area contributed by atoms with Gasteiger partial charge in [0.05, 0.1) is 26.4 Å². The number of phosphoric ester groups is 2. The molecular weight excluding hydrogens is 1280 g/mol. The van der Waals surface area contributed by atoms with Gasteiger partial charge in [0, 0.05) is 25.7 Å². The third-order valence-electron chi connectivity index (χ3n) is 18.4. The quantitative estimate of drug-likeness (QED) is 0.0222.